The first-order valence-corrected chi connectivity index (χ1v) is 8.90. The van der Waals surface area contributed by atoms with Gasteiger partial charge < -0.3 is 14.9 Å². The van der Waals surface area contributed by atoms with Crippen LogP contribution in [0.25, 0.3) is 0 Å². The molecule has 0 spiro atoms. The van der Waals surface area contributed by atoms with Crippen molar-refractivity contribution in [1.82, 2.24) is 9.80 Å². The van der Waals surface area contributed by atoms with Crippen molar-refractivity contribution in [3.63, 3.8) is 0 Å². The monoisotopic (exact) mass is 326 g/mol. The van der Waals surface area contributed by atoms with Crippen LogP contribution in [0.2, 0.25) is 0 Å². The lowest BCUT2D eigenvalue weighted by Crippen LogP contribution is -2.44. The quantitative estimate of drug-likeness (QED) is 0.780. The average molecular weight is 326 g/mol. The Balaban J connectivity index is 2.54. The van der Waals surface area contributed by atoms with Gasteiger partial charge in [0, 0.05) is 40.0 Å². The van der Waals surface area contributed by atoms with Crippen molar-refractivity contribution < 1.29 is 14.7 Å². The van der Waals surface area contributed by atoms with Crippen LogP contribution in [-0.4, -0.2) is 60.0 Å². The second-order valence-corrected chi connectivity index (χ2v) is 7.31. The normalized spacial score (nSPS) is 23.9. The molecular weight excluding hydrogens is 292 g/mol. The summed E-state index contributed by atoms with van der Waals surface area (Å²) in [5.74, 6) is 1.37. The fraction of sp³-hybridized carbons (Fsp3) is 0.889. The number of hydrogen-bond acceptors (Lipinski definition) is 3. The third kappa shape index (κ3) is 6.13. The minimum Gasteiger partial charge on any atom is -0.389 e. The molecule has 1 fully saturated rings. The number of rotatable bonds is 7. The van der Waals surface area contributed by atoms with Gasteiger partial charge in [-0.05, 0) is 31.1 Å². The minimum atomic E-state index is -0.707. The molecule has 0 aromatic rings. The molecule has 0 heterocycles. The number of amides is 2. The van der Waals surface area contributed by atoms with E-state index in [2.05, 4.69) is 13.8 Å². The lowest BCUT2D eigenvalue weighted by Gasteiger charge is -2.34. The Morgan fingerprint density at radius 1 is 1.09 bits per heavy atom. The highest BCUT2D eigenvalue weighted by atomic mass is 16.3. The number of nitrogens with zero attached hydrogens (tertiary/aromatic N) is 2. The van der Waals surface area contributed by atoms with Crippen LogP contribution in [0.15, 0.2) is 0 Å². The Labute approximate surface area is 141 Å². The van der Waals surface area contributed by atoms with Gasteiger partial charge in [0.1, 0.15) is 0 Å². The summed E-state index contributed by atoms with van der Waals surface area (Å²) in [7, 11) is 3.42. The van der Waals surface area contributed by atoms with E-state index in [4.69, 9.17) is 0 Å². The Morgan fingerprint density at radius 2 is 1.61 bits per heavy atom. The summed E-state index contributed by atoms with van der Waals surface area (Å²) in [6.07, 6.45) is 4.84. The molecule has 5 nitrogen and oxygen atoms in total. The van der Waals surface area contributed by atoms with E-state index in [0.29, 0.717) is 5.92 Å². The third-order valence-corrected chi connectivity index (χ3v) is 5.27. The molecule has 0 aromatic heterocycles. The lowest BCUT2D eigenvalue weighted by atomic mass is 9.75. The van der Waals surface area contributed by atoms with Crippen LogP contribution in [0.5, 0.6) is 0 Å². The Bertz CT molecular complexity index is 392. The first-order chi connectivity index (χ1) is 10.8. The van der Waals surface area contributed by atoms with Crippen molar-refractivity contribution in [2.24, 2.45) is 17.8 Å². The largest absolute Gasteiger partial charge is 0.389 e. The van der Waals surface area contributed by atoms with Crippen LogP contribution in [0, 0.1) is 17.8 Å². The number of hydrogen-bond donors (Lipinski definition) is 1. The fourth-order valence-corrected chi connectivity index (χ4v) is 3.59. The summed E-state index contributed by atoms with van der Waals surface area (Å²) in [4.78, 5) is 27.1. The van der Waals surface area contributed by atoms with E-state index in [1.807, 2.05) is 0 Å². The zero-order valence-corrected chi connectivity index (χ0v) is 15.4. The van der Waals surface area contributed by atoms with E-state index >= 15 is 0 Å². The summed E-state index contributed by atoms with van der Waals surface area (Å²) in [6.45, 7) is 6.36. The summed E-state index contributed by atoms with van der Waals surface area (Å²) < 4.78 is 0. The van der Waals surface area contributed by atoms with Gasteiger partial charge in [-0.1, -0.05) is 26.7 Å². The molecule has 1 rings (SSSR count). The molecule has 1 aliphatic carbocycles. The van der Waals surface area contributed by atoms with E-state index in [1.165, 1.54) is 24.7 Å². The standard InChI is InChI=1S/C18H34N2O3/c1-6-17(15-9-7-13(2)8-10-15)18(23)20(5)12-16(22)11-19(4)14(3)21/h13,15-17,22H,6-12H2,1-5H3. The molecule has 23 heavy (non-hydrogen) atoms. The van der Waals surface area contributed by atoms with Crippen LogP contribution in [-0.2, 0) is 9.59 Å². The highest BCUT2D eigenvalue weighted by Crippen LogP contribution is 2.35. The Morgan fingerprint density at radius 3 is 2.09 bits per heavy atom. The summed E-state index contributed by atoms with van der Waals surface area (Å²) in [5, 5.41) is 10.1. The molecule has 2 amide bonds. The van der Waals surface area contributed by atoms with Crippen LogP contribution in [0.3, 0.4) is 0 Å². The van der Waals surface area contributed by atoms with Gasteiger partial charge in [-0.25, -0.2) is 0 Å². The lowest BCUT2D eigenvalue weighted by molar-refractivity contribution is -0.138. The van der Waals surface area contributed by atoms with E-state index in [-0.39, 0.29) is 30.8 Å². The molecule has 0 bridgehead atoms. The van der Waals surface area contributed by atoms with Crippen molar-refractivity contribution in [3.8, 4) is 0 Å². The molecule has 0 saturated heterocycles. The highest BCUT2D eigenvalue weighted by molar-refractivity contribution is 5.79. The van der Waals surface area contributed by atoms with Gasteiger partial charge in [-0.3, -0.25) is 9.59 Å². The molecule has 5 heteroatoms. The topological polar surface area (TPSA) is 60.9 Å². The first kappa shape index (κ1) is 19.9. The van der Waals surface area contributed by atoms with Crippen molar-refractivity contribution >= 4 is 11.8 Å². The molecule has 1 aliphatic rings. The highest BCUT2D eigenvalue weighted by Gasteiger charge is 2.32. The predicted octanol–water partition coefficient (Wildman–Crippen LogP) is 2.14. The molecule has 1 saturated carbocycles. The zero-order valence-electron chi connectivity index (χ0n) is 15.4. The number of carbonyl (C=O) groups excluding carboxylic acids is 2. The average Bonchev–Trinajstić information content (AvgIpc) is 2.49. The van der Waals surface area contributed by atoms with Gasteiger partial charge in [-0.2, -0.15) is 0 Å². The first-order valence-electron chi connectivity index (χ1n) is 8.90. The molecule has 1 N–H and O–H groups in total. The third-order valence-electron chi connectivity index (χ3n) is 5.27. The Hall–Kier alpha value is -1.10. The van der Waals surface area contributed by atoms with Gasteiger partial charge in [0.2, 0.25) is 11.8 Å². The van der Waals surface area contributed by atoms with Gasteiger partial charge in [0.05, 0.1) is 6.10 Å². The fourth-order valence-electron chi connectivity index (χ4n) is 3.59. The maximum atomic E-state index is 12.7. The molecule has 0 aromatic carbocycles. The maximum Gasteiger partial charge on any atom is 0.225 e. The molecule has 2 unspecified atom stereocenters. The van der Waals surface area contributed by atoms with Gasteiger partial charge in [0.25, 0.3) is 0 Å². The minimum absolute atomic E-state index is 0.0604. The summed E-state index contributed by atoms with van der Waals surface area (Å²) in [5.41, 5.74) is 0. The van der Waals surface area contributed by atoms with Crippen molar-refractivity contribution in [3.05, 3.63) is 0 Å². The van der Waals surface area contributed by atoms with Crippen molar-refractivity contribution in [2.75, 3.05) is 27.2 Å². The van der Waals surface area contributed by atoms with E-state index in [0.717, 1.165) is 25.2 Å². The van der Waals surface area contributed by atoms with Crippen molar-refractivity contribution in [1.29, 1.82) is 0 Å². The molecule has 2 atom stereocenters. The number of carbonyl (C=O) groups is 2. The smallest absolute Gasteiger partial charge is 0.225 e. The van der Waals surface area contributed by atoms with E-state index in [9.17, 15) is 14.7 Å². The van der Waals surface area contributed by atoms with Crippen LogP contribution in [0.4, 0.5) is 0 Å². The number of aliphatic hydroxyl groups excluding tert-OH is 1. The van der Waals surface area contributed by atoms with E-state index < -0.39 is 6.10 Å². The second kappa shape index (κ2) is 9.26. The SMILES string of the molecule is CCC(C(=O)N(C)CC(O)CN(C)C(C)=O)C1CCC(C)CC1. The predicted molar refractivity (Wildman–Crippen MR) is 91.9 cm³/mol. The Kier molecular flexibility index (Phi) is 8.03. The van der Waals surface area contributed by atoms with Crippen LogP contribution < -0.4 is 0 Å². The van der Waals surface area contributed by atoms with Gasteiger partial charge in [-0.15, -0.1) is 0 Å². The summed E-state index contributed by atoms with van der Waals surface area (Å²) >= 11 is 0. The second-order valence-electron chi connectivity index (χ2n) is 7.31. The summed E-state index contributed by atoms with van der Waals surface area (Å²) in [6, 6.07) is 0. The van der Waals surface area contributed by atoms with Gasteiger partial charge >= 0.3 is 0 Å². The molecule has 134 valence electrons. The number of likely N-dealkylation sites (N-methyl/N-ethyl adjacent to an activating group) is 2. The number of aliphatic hydroxyl groups is 1. The molecule has 0 radical (unpaired) electrons. The van der Waals surface area contributed by atoms with Gasteiger partial charge in [0.15, 0.2) is 0 Å². The molecular formula is C18H34N2O3. The van der Waals surface area contributed by atoms with Crippen LogP contribution >= 0.6 is 0 Å². The zero-order chi connectivity index (χ0) is 17.6. The van der Waals surface area contributed by atoms with E-state index in [1.54, 1.807) is 19.0 Å². The molecule has 0 aliphatic heterocycles. The maximum absolute atomic E-state index is 12.7. The van der Waals surface area contributed by atoms with Crippen LogP contribution in [0.1, 0.15) is 52.9 Å². The van der Waals surface area contributed by atoms with Crippen molar-refractivity contribution in [2.45, 2.75) is 59.0 Å².